The fourth-order valence-corrected chi connectivity index (χ4v) is 8.00. The first-order chi connectivity index (χ1) is 30.0. The maximum absolute atomic E-state index is 12.4. The topological polar surface area (TPSA) is 95.9 Å². The Labute approximate surface area is 379 Å². The molecule has 1 amide bonds. The average molecular weight is 858 g/mol. The highest BCUT2D eigenvalue weighted by atomic mass is 16.5. The fourth-order valence-electron chi connectivity index (χ4n) is 8.00. The molecule has 0 aliphatic carbocycles. The van der Waals surface area contributed by atoms with Crippen LogP contribution in [0.15, 0.2) is 36.5 Å². The highest BCUT2D eigenvalue weighted by molar-refractivity contribution is 5.76. The Morgan fingerprint density at radius 2 is 0.836 bits per heavy atom. The number of aliphatic hydroxyl groups is 2. The summed E-state index contributed by atoms with van der Waals surface area (Å²) in [6.07, 6.45) is 61.4. The van der Waals surface area contributed by atoms with Gasteiger partial charge in [-0.15, -0.1) is 0 Å². The minimum Gasteiger partial charge on any atom is -0.466 e. The van der Waals surface area contributed by atoms with E-state index in [-0.39, 0.29) is 18.5 Å². The second-order valence-corrected chi connectivity index (χ2v) is 18.2. The van der Waals surface area contributed by atoms with Crippen LogP contribution in [0, 0.1) is 0 Å². The lowest BCUT2D eigenvalue weighted by molar-refractivity contribution is -0.143. The number of hydrogen-bond donors (Lipinski definition) is 3. The Morgan fingerprint density at radius 3 is 1.30 bits per heavy atom. The summed E-state index contributed by atoms with van der Waals surface area (Å²) in [5, 5.41) is 23.1. The Morgan fingerprint density at radius 1 is 0.459 bits per heavy atom. The van der Waals surface area contributed by atoms with Gasteiger partial charge in [-0.3, -0.25) is 9.59 Å². The molecule has 0 aromatic rings. The van der Waals surface area contributed by atoms with Gasteiger partial charge in [0.15, 0.2) is 0 Å². The predicted octanol–water partition coefficient (Wildman–Crippen LogP) is 16.1. The molecule has 2 unspecified atom stereocenters. The molecular formula is C55H103NO5. The molecule has 0 radical (unpaired) electrons. The van der Waals surface area contributed by atoms with Crippen molar-refractivity contribution in [2.24, 2.45) is 0 Å². The molecule has 6 nitrogen and oxygen atoms in total. The van der Waals surface area contributed by atoms with Crippen LogP contribution < -0.4 is 5.32 Å². The fraction of sp³-hybridized carbons (Fsp3) is 0.855. The van der Waals surface area contributed by atoms with Crippen molar-refractivity contribution >= 4 is 11.9 Å². The highest BCUT2D eigenvalue weighted by Gasteiger charge is 2.18. The molecule has 0 fully saturated rings. The lowest BCUT2D eigenvalue weighted by Gasteiger charge is -2.20. The van der Waals surface area contributed by atoms with Gasteiger partial charge >= 0.3 is 5.97 Å². The molecule has 6 heteroatoms. The first kappa shape index (κ1) is 59.1. The summed E-state index contributed by atoms with van der Waals surface area (Å²) < 4.78 is 5.45. The zero-order chi connectivity index (χ0) is 44.4. The molecule has 3 N–H and O–H groups in total. The zero-order valence-corrected chi connectivity index (χ0v) is 40.6. The number of carbonyl (C=O) groups is 2. The van der Waals surface area contributed by atoms with Crippen LogP contribution in [0.4, 0.5) is 0 Å². The Bertz CT molecular complexity index is 993. The largest absolute Gasteiger partial charge is 0.466 e. The Balaban J connectivity index is 3.49. The lowest BCUT2D eigenvalue weighted by atomic mass is 10.0. The predicted molar refractivity (Wildman–Crippen MR) is 264 cm³/mol. The first-order valence-corrected chi connectivity index (χ1v) is 26.8. The number of allylic oxidation sites excluding steroid dienone is 5. The number of carbonyl (C=O) groups excluding carboxylic acids is 2. The van der Waals surface area contributed by atoms with Gasteiger partial charge in [0, 0.05) is 12.8 Å². The van der Waals surface area contributed by atoms with Crippen molar-refractivity contribution in [2.45, 2.75) is 289 Å². The van der Waals surface area contributed by atoms with Crippen molar-refractivity contribution < 1.29 is 24.5 Å². The van der Waals surface area contributed by atoms with E-state index in [0.717, 1.165) is 64.2 Å². The van der Waals surface area contributed by atoms with Crippen LogP contribution in [0.3, 0.4) is 0 Å². The number of unbranched alkanes of at least 4 members (excludes halogenated alkanes) is 34. The molecule has 61 heavy (non-hydrogen) atoms. The van der Waals surface area contributed by atoms with Crippen molar-refractivity contribution in [3.05, 3.63) is 36.5 Å². The number of rotatable bonds is 49. The van der Waals surface area contributed by atoms with Gasteiger partial charge in [0.05, 0.1) is 25.4 Å². The number of hydrogen-bond acceptors (Lipinski definition) is 5. The standard InChI is InChI=1S/C55H103NO5/c1-3-5-7-9-11-13-15-17-19-20-23-27-31-35-39-43-47-53(58)52(51-57)56-54(59)48-44-40-36-32-28-24-21-22-26-30-34-38-42-46-50-61-55(60)49-45-41-37-33-29-25-18-16-14-12-10-8-6-4-2/h10,12,16,18,43,47,52-53,57-58H,3-9,11,13-15,17,19-42,44-46,48-51H2,1-2H3,(H,56,59)/b12-10-,18-16-,47-43+. The number of amides is 1. The molecule has 358 valence electrons. The molecule has 0 rings (SSSR count). The van der Waals surface area contributed by atoms with E-state index in [1.807, 2.05) is 6.08 Å². The van der Waals surface area contributed by atoms with Crippen LogP contribution in [0.2, 0.25) is 0 Å². The Kier molecular flexibility index (Phi) is 49.1. The third-order valence-electron chi connectivity index (χ3n) is 12.2. The maximum atomic E-state index is 12.4. The number of aliphatic hydroxyl groups excluding tert-OH is 2. The molecule has 0 heterocycles. The average Bonchev–Trinajstić information content (AvgIpc) is 3.26. The summed E-state index contributed by atoms with van der Waals surface area (Å²) in [6.45, 7) is 4.83. The van der Waals surface area contributed by atoms with Gasteiger partial charge in [-0.25, -0.2) is 0 Å². The third kappa shape index (κ3) is 47.4. The minimum absolute atomic E-state index is 0.0184. The van der Waals surface area contributed by atoms with Gasteiger partial charge in [0.25, 0.3) is 0 Å². The molecule has 0 aliphatic heterocycles. The molecule has 0 saturated carbocycles. The van der Waals surface area contributed by atoms with Crippen LogP contribution in [0.5, 0.6) is 0 Å². The van der Waals surface area contributed by atoms with E-state index in [1.54, 1.807) is 6.08 Å². The summed E-state index contributed by atoms with van der Waals surface area (Å²) >= 11 is 0. The second-order valence-electron chi connectivity index (χ2n) is 18.2. The van der Waals surface area contributed by atoms with Crippen molar-refractivity contribution in [2.75, 3.05) is 13.2 Å². The van der Waals surface area contributed by atoms with Crippen molar-refractivity contribution in [1.29, 1.82) is 0 Å². The van der Waals surface area contributed by atoms with E-state index >= 15 is 0 Å². The molecule has 0 spiro atoms. The van der Waals surface area contributed by atoms with E-state index in [9.17, 15) is 19.8 Å². The highest BCUT2D eigenvalue weighted by Crippen LogP contribution is 2.16. The van der Waals surface area contributed by atoms with Crippen LogP contribution >= 0.6 is 0 Å². The van der Waals surface area contributed by atoms with Crippen molar-refractivity contribution in [3.8, 4) is 0 Å². The lowest BCUT2D eigenvalue weighted by Crippen LogP contribution is -2.45. The zero-order valence-electron chi connectivity index (χ0n) is 40.6. The third-order valence-corrected chi connectivity index (χ3v) is 12.2. The molecule has 2 atom stereocenters. The van der Waals surface area contributed by atoms with E-state index in [1.165, 1.54) is 186 Å². The van der Waals surface area contributed by atoms with Gasteiger partial charge in [0.1, 0.15) is 0 Å². The molecule has 0 saturated heterocycles. The summed E-state index contributed by atoms with van der Waals surface area (Å²) in [5.74, 6) is -0.0972. The minimum atomic E-state index is -0.852. The smallest absolute Gasteiger partial charge is 0.305 e. The molecule has 0 aromatic carbocycles. The van der Waals surface area contributed by atoms with Crippen LogP contribution in [0.1, 0.15) is 277 Å². The summed E-state index contributed by atoms with van der Waals surface area (Å²) in [5.41, 5.74) is 0. The molecular weight excluding hydrogens is 755 g/mol. The molecule has 0 bridgehead atoms. The SMILES string of the molecule is CCCC/C=C\C/C=C\CCCCCCCC(=O)OCCCCCCCCCCCCCCCCC(=O)NC(CO)C(O)/C=C/CCCCCCCCCCCCCCCC. The molecule has 0 aromatic heterocycles. The van der Waals surface area contributed by atoms with Gasteiger partial charge in [0.2, 0.25) is 5.91 Å². The van der Waals surface area contributed by atoms with Gasteiger partial charge in [-0.2, -0.15) is 0 Å². The van der Waals surface area contributed by atoms with Crippen molar-refractivity contribution in [1.82, 2.24) is 5.32 Å². The number of esters is 1. The van der Waals surface area contributed by atoms with Crippen molar-refractivity contribution in [3.63, 3.8) is 0 Å². The van der Waals surface area contributed by atoms with Gasteiger partial charge in [-0.1, -0.05) is 243 Å². The second kappa shape index (κ2) is 50.7. The number of nitrogens with one attached hydrogen (secondary N) is 1. The monoisotopic (exact) mass is 858 g/mol. The van der Waals surface area contributed by atoms with Gasteiger partial charge < -0.3 is 20.3 Å². The number of ether oxygens (including phenoxy) is 1. The maximum Gasteiger partial charge on any atom is 0.305 e. The Hall–Kier alpha value is -1.92. The van der Waals surface area contributed by atoms with Crippen LogP contribution in [-0.2, 0) is 14.3 Å². The summed E-state index contributed by atoms with van der Waals surface area (Å²) in [7, 11) is 0. The quantitative estimate of drug-likeness (QED) is 0.0322. The summed E-state index contributed by atoms with van der Waals surface area (Å²) in [6, 6.07) is -0.636. The van der Waals surface area contributed by atoms with E-state index in [0.29, 0.717) is 19.4 Å². The first-order valence-electron chi connectivity index (χ1n) is 26.8. The van der Waals surface area contributed by atoms with Crippen LogP contribution in [0.25, 0.3) is 0 Å². The molecule has 0 aliphatic rings. The van der Waals surface area contributed by atoms with E-state index in [2.05, 4.69) is 43.5 Å². The summed E-state index contributed by atoms with van der Waals surface area (Å²) in [4.78, 5) is 24.5. The van der Waals surface area contributed by atoms with E-state index < -0.39 is 12.1 Å². The van der Waals surface area contributed by atoms with Gasteiger partial charge in [-0.05, 0) is 57.8 Å². The normalized spacial score (nSPS) is 12.9. The van der Waals surface area contributed by atoms with Crippen LogP contribution in [-0.4, -0.2) is 47.4 Å². The van der Waals surface area contributed by atoms with E-state index in [4.69, 9.17) is 4.74 Å².